The summed E-state index contributed by atoms with van der Waals surface area (Å²) in [6.45, 7) is 6.37. The highest BCUT2D eigenvalue weighted by atomic mass is 16.5. The second-order valence-corrected chi connectivity index (χ2v) is 14.2. The van der Waals surface area contributed by atoms with Gasteiger partial charge in [0.25, 0.3) is 0 Å². The lowest BCUT2D eigenvalue weighted by Crippen LogP contribution is -2.58. The SMILES string of the molecule is CN(C(=O)[C@H](Cc1ccccc1)NC(=O)OCc1ccccc1)C1CCCCNC(=O)CCNC(=O)C(Cc2ccc(O)c(C(C)(C)C)c2)NC1=O. The zero-order valence-corrected chi connectivity index (χ0v) is 30.4. The summed E-state index contributed by atoms with van der Waals surface area (Å²) in [5, 5.41) is 21.7. The van der Waals surface area contributed by atoms with Gasteiger partial charge in [-0.1, -0.05) is 93.6 Å². The summed E-state index contributed by atoms with van der Waals surface area (Å²) in [6, 6.07) is 20.4. The second-order valence-electron chi connectivity index (χ2n) is 14.2. The van der Waals surface area contributed by atoms with E-state index in [0.717, 1.165) is 11.1 Å². The number of phenolic OH excluding ortho intramolecular Hbond substituents is 1. The Hall–Kier alpha value is -5.39. The Balaban J connectivity index is 1.59. The van der Waals surface area contributed by atoms with Crippen LogP contribution in [0, 0.1) is 0 Å². The molecule has 0 spiro atoms. The number of aromatic hydroxyl groups is 1. The Morgan fingerprint density at radius 2 is 1.56 bits per heavy atom. The molecule has 0 aliphatic carbocycles. The minimum Gasteiger partial charge on any atom is -0.508 e. The first-order chi connectivity index (χ1) is 24.8. The van der Waals surface area contributed by atoms with Gasteiger partial charge in [0.1, 0.15) is 30.5 Å². The maximum atomic E-state index is 14.2. The number of nitrogens with zero attached hydrogens (tertiary/aromatic N) is 1. The van der Waals surface area contributed by atoms with Gasteiger partial charge in [-0.25, -0.2) is 4.79 Å². The van der Waals surface area contributed by atoms with Crippen LogP contribution in [0.4, 0.5) is 4.79 Å². The number of carbonyl (C=O) groups is 5. The fraction of sp³-hybridized carbons (Fsp3) is 0.425. The lowest BCUT2D eigenvalue weighted by Gasteiger charge is -2.32. The highest BCUT2D eigenvalue weighted by Gasteiger charge is 2.34. The van der Waals surface area contributed by atoms with Gasteiger partial charge in [0.2, 0.25) is 23.6 Å². The van der Waals surface area contributed by atoms with Crippen molar-refractivity contribution >= 4 is 29.7 Å². The predicted molar refractivity (Wildman–Crippen MR) is 197 cm³/mol. The van der Waals surface area contributed by atoms with Crippen LogP contribution in [-0.2, 0) is 48.8 Å². The van der Waals surface area contributed by atoms with Gasteiger partial charge < -0.3 is 36.0 Å². The summed E-state index contributed by atoms with van der Waals surface area (Å²) in [6.07, 6.45) is 0.850. The molecule has 3 atom stereocenters. The molecule has 0 radical (unpaired) electrons. The van der Waals surface area contributed by atoms with Crippen LogP contribution < -0.4 is 21.3 Å². The van der Waals surface area contributed by atoms with E-state index in [1.165, 1.54) is 11.9 Å². The summed E-state index contributed by atoms with van der Waals surface area (Å²) < 4.78 is 5.44. The number of hydrogen-bond acceptors (Lipinski definition) is 7. The summed E-state index contributed by atoms with van der Waals surface area (Å²) in [4.78, 5) is 68.7. The van der Waals surface area contributed by atoms with Crippen molar-refractivity contribution in [3.05, 3.63) is 101 Å². The Morgan fingerprint density at radius 3 is 2.23 bits per heavy atom. The number of benzene rings is 3. The van der Waals surface area contributed by atoms with Gasteiger partial charge in [-0.05, 0) is 53.0 Å². The minimum absolute atomic E-state index is 0.0120. The Morgan fingerprint density at radius 1 is 0.885 bits per heavy atom. The number of hydrogen-bond donors (Lipinski definition) is 5. The van der Waals surface area contributed by atoms with Crippen molar-refractivity contribution in [3.8, 4) is 5.75 Å². The summed E-state index contributed by atoms with van der Waals surface area (Å²) in [7, 11) is 1.51. The van der Waals surface area contributed by atoms with Gasteiger partial charge in [0, 0.05) is 39.4 Å². The molecule has 1 aliphatic rings. The Bertz CT molecular complexity index is 1680. The normalized spacial score (nSPS) is 18.1. The van der Waals surface area contributed by atoms with Crippen molar-refractivity contribution in [2.75, 3.05) is 20.1 Å². The number of nitrogens with one attached hydrogen (secondary N) is 4. The van der Waals surface area contributed by atoms with Crippen LogP contribution in [0.25, 0.3) is 0 Å². The molecular weight excluding hydrogens is 662 g/mol. The zero-order chi connectivity index (χ0) is 37.7. The van der Waals surface area contributed by atoms with Crippen molar-refractivity contribution in [1.29, 1.82) is 0 Å². The van der Waals surface area contributed by atoms with E-state index in [9.17, 15) is 29.1 Å². The number of rotatable bonds is 9. The summed E-state index contributed by atoms with van der Waals surface area (Å²) in [5.74, 6) is -1.60. The van der Waals surface area contributed by atoms with Gasteiger partial charge in [0.05, 0.1) is 0 Å². The van der Waals surface area contributed by atoms with Crippen LogP contribution in [0.1, 0.15) is 68.7 Å². The van der Waals surface area contributed by atoms with Gasteiger partial charge in [0.15, 0.2) is 0 Å². The first-order valence-corrected chi connectivity index (χ1v) is 17.8. The van der Waals surface area contributed by atoms with Crippen LogP contribution in [-0.4, -0.2) is 78.0 Å². The number of phenols is 1. The van der Waals surface area contributed by atoms with Crippen molar-refractivity contribution in [1.82, 2.24) is 26.2 Å². The third-order valence-corrected chi connectivity index (χ3v) is 9.02. The second kappa shape index (κ2) is 18.7. The topological polar surface area (TPSA) is 166 Å². The molecule has 12 heteroatoms. The summed E-state index contributed by atoms with van der Waals surface area (Å²) in [5.41, 5.74) is 2.60. The Labute approximate surface area is 305 Å². The monoisotopic (exact) mass is 713 g/mol. The van der Waals surface area contributed by atoms with Gasteiger partial charge in [-0.2, -0.15) is 0 Å². The average molecular weight is 714 g/mol. The van der Waals surface area contributed by atoms with E-state index in [1.807, 2.05) is 87.5 Å². The first kappa shape index (κ1) is 39.4. The van der Waals surface area contributed by atoms with Crippen molar-refractivity contribution < 1.29 is 33.8 Å². The number of likely N-dealkylation sites (N-methyl/N-ethyl adjacent to an activating group) is 1. The molecule has 4 rings (SSSR count). The molecule has 0 aromatic heterocycles. The van der Waals surface area contributed by atoms with E-state index in [-0.39, 0.29) is 55.9 Å². The van der Waals surface area contributed by atoms with E-state index in [1.54, 1.807) is 12.1 Å². The molecule has 0 bridgehead atoms. The molecule has 12 nitrogen and oxygen atoms in total. The highest BCUT2D eigenvalue weighted by molar-refractivity contribution is 5.94. The standard InChI is InChI=1S/C40H51N5O7/c1-40(2,3)30-23-29(18-19-34(30)46)25-31-36(48)42-22-20-35(47)41-21-12-11-17-33(37(49)43-31)45(4)38(50)32(24-27-13-7-5-8-14-27)44-39(51)52-26-28-15-9-6-10-16-28/h5-10,13-16,18-19,23,31-33,46H,11-12,17,20-22,24-26H2,1-4H3,(H,41,47)(H,42,48)(H,43,49)(H,44,51)/t31?,32-,33?/m0/s1. The molecule has 3 aromatic carbocycles. The van der Waals surface area contributed by atoms with Crippen molar-refractivity contribution in [2.24, 2.45) is 0 Å². The lowest BCUT2D eigenvalue weighted by atomic mass is 9.84. The molecule has 1 heterocycles. The molecule has 1 aliphatic heterocycles. The number of carbonyl (C=O) groups excluding carboxylic acids is 5. The van der Waals surface area contributed by atoms with Crippen LogP contribution in [0.3, 0.4) is 0 Å². The van der Waals surface area contributed by atoms with Crippen LogP contribution in [0.15, 0.2) is 78.9 Å². The van der Waals surface area contributed by atoms with E-state index in [2.05, 4.69) is 21.3 Å². The largest absolute Gasteiger partial charge is 0.508 e. The maximum Gasteiger partial charge on any atom is 0.408 e. The van der Waals surface area contributed by atoms with E-state index in [0.29, 0.717) is 30.5 Å². The average Bonchev–Trinajstić information content (AvgIpc) is 3.11. The third kappa shape index (κ3) is 11.9. The molecule has 0 saturated carbocycles. The smallest absolute Gasteiger partial charge is 0.408 e. The van der Waals surface area contributed by atoms with Crippen LogP contribution in [0.5, 0.6) is 5.75 Å². The Kier molecular flexibility index (Phi) is 14.2. The predicted octanol–water partition coefficient (Wildman–Crippen LogP) is 3.89. The fourth-order valence-electron chi connectivity index (χ4n) is 6.08. The maximum absolute atomic E-state index is 14.2. The number of ether oxygens (including phenoxy) is 1. The van der Waals surface area contributed by atoms with Gasteiger partial charge >= 0.3 is 6.09 Å². The fourth-order valence-corrected chi connectivity index (χ4v) is 6.08. The molecule has 1 saturated heterocycles. The molecule has 3 aromatic rings. The van der Waals surface area contributed by atoms with E-state index >= 15 is 0 Å². The summed E-state index contributed by atoms with van der Waals surface area (Å²) >= 11 is 0. The van der Waals surface area contributed by atoms with Crippen molar-refractivity contribution in [3.63, 3.8) is 0 Å². The van der Waals surface area contributed by atoms with Crippen molar-refractivity contribution in [2.45, 2.75) is 89.4 Å². The molecule has 1 fully saturated rings. The molecule has 5 amide bonds. The third-order valence-electron chi connectivity index (χ3n) is 9.02. The van der Waals surface area contributed by atoms with Crippen LogP contribution >= 0.6 is 0 Å². The molecular formula is C40H51N5O7. The lowest BCUT2D eigenvalue weighted by molar-refractivity contribution is -0.141. The molecule has 5 N–H and O–H groups in total. The number of alkyl carbamates (subject to hydrolysis) is 1. The van der Waals surface area contributed by atoms with E-state index < -0.39 is 41.9 Å². The molecule has 278 valence electrons. The van der Waals surface area contributed by atoms with Crippen LogP contribution in [0.2, 0.25) is 0 Å². The first-order valence-electron chi connectivity index (χ1n) is 17.8. The van der Waals surface area contributed by atoms with Gasteiger partial charge in [-0.15, -0.1) is 0 Å². The number of amides is 5. The van der Waals surface area contributed by atoms with Gasteiger partial charge in [-0.3, -0.25) is 19.2 Å². The van der Waals surface area contributed by atoms with E-state index in [4.69, 9.17) is 4.74 Å². The minimum atomic E-state index is -1.07. The zero-order valence-electron chi connectivity index (χ0n) is 30.4. The molecule has 2 unspecified atom stereocenters. The highest BCUT2D eigenvalue weighted by Crippen LogP contribution is 2.31. The quantitative estimate of drug-likeness (QED) is 0.225. The molecule has 52 heavy (non-hydrogen) atoms.